The molecule has 1 saturated heterocycles. The first kappa shape index (κ1) is 18.2. The Morgan fingerprint density at radius 3 is 2.71 bits per heavy atom. The van der Waals surface area contributed by atoms with Gasteiger partial charge in [0.1, 0.15) is 11.6 Å². The van der Waals surface area contributed by atoms with Gasteiger partial charge in [0.25, 0.3) is 0 Å². The van der Waals surface area contributed by atoms with E-state index in [1.54, 1.807) is 19.2 Å². The predicted molar refractivity (Wildman–Crippen MR) is 104 cm³/mol. The predicted octanol–water partition coefficient (Wildman–Crippen LogP) is 2.55. The second-order valence-electron chi connectivity index (χ2n) is 6.87. The first-order valence-corrected chi connectivity index (χ1v) is 9.11. The van der Waals surface area contributed by atoms with Gasteiger partial charge in [-0.3, -0.25) is 10.4 Å². The number of fused-ring (bicyclic) bond motifs is 1. The van der Waals surface area contributed by atoms with E-state index in [1.807, 2.05) is 0 Å². The zero-order valence-electron chi connectivity index (χ0n) is 15.3. The van der Waals surface area contributed by atoms with Gasteiger partial charge in [-0.25, -0.2) is 14.2 Å². The number of urea groups is 1. The van der Waals surface area contributed by atoms with Crippen LogP contribution in [0.15, 0.2) is 36.5 Å². The maximum absolute atomic E-state index is 13.1. The molecule has 9 heteroatoms. The van der Waals surface area contributed by atoms with Gasteiger partial charge in [-0.2, -0.15) is 5.10 Å². The van der Waals surface area contributed by atoms with Gasteiger partial charge in [0, 0.05) is 25.4 Å². The molecule has 1 aliphatic rings. The second-order valence-corrected chi connectivity index (χ2v) is 6.87. The molecule has 0 spiro atoms. The number of aromatic nitrogens is 3. The molecular weight excluding hydrogens is 363 g/mol. The lowest BCUT2D eigenvalue weighted by molar-refractivity contribution is 0.148. The number of aliphatic hydroxyl groups excluding tert-OH is 1. The number of hydrogen-bond acceptors (Lipinski definition) is 5. The summed E-state index contributed by atoms with van der Waals surface area (Å²) in [5.74, 6) is 0.842. The van der Waals surface area contributed by atoms with Gasteiger partial charge in [0.05, 0.1) is 23.0 Å². The van der Waals surface area contributed by atoms with Gasteiger partial charge in [0.15, 0.2) is 5.82 Å². The normalized spacial score (nSPS) is 15.8. The van der Waals surface area contributed by atoms with Crippen LogP contribution >= 0.6 is 0 Å². The highest BCUT2D eigenvalue weighted by Crippen LogP contribution is 2.28. The van der Waals surface area contributed by atoms with E-state index in [9.17, 15) is 14.3 Å². The summed E-state index contributed by atoms with van der Waals surface area (Å²) in [5.41, 5.74) is 1.38. The summed E-state index contributed by atoms with van der Waals surface area (Å²) in [4.78, 5) is 18.8. The lowest BCUT2D eigenvalue weighted by Gasteiger charge is -2.30. The fraction of sp³-hybridized carbons (Fsp3) is 0.316. The van der Waals surface area contributed by atoms with Crippen LogP contribution in [0.25, 0.3) is 10.9 Å². The van der Waals surface area contributed by atoms with Crippen LogP contribution in [0.2, 0.25) is 0 Å². The Kier molecular flexibility index (Phi) is 4.82. The highest BCUT2D eigenvalue weighted by molar-refractivity contribution is 5.94. The van der Waals surface area contributed by atoms with Gasteiger partial charge in [-0.1, -0.05) is 12.1 Å². The summed E-state index contributed by atoms with van der Waals surface area (Å²) in [6.45, 7) is 3.51. The summed E-state index contributed by atoms with van der Waals surface area (Å²) >= 11 is 0. The number of aliphatic hydroxyl groups is 1. The van der Waals surface area contributed by atoms with Crippen LogP contribution in [0, 0.1) is 5.82 Å². The van der Waals surface area contributed by atoms with Gasteiger partial charge >= 0.3 is 6.03 Å². The van der Waals surface area contributed by atoms with Crippen molar-refractivity contribution >= 4 is 28.6 Å². The SMILES string of the molecule is CC(O)C(NC(=O)Nc1cc2[nH]nc(N3CCC3)c2cn1)c1ccc(F)cc1. The lowest BCUT2D eigenvalue weighted by Crippen LogP contribution is -2.38. The Hall–Kier alpha value is -3.20. The third-order valence-corrected chi connectivity index (χ3v) is 4.82. The Morgan fingerprint density at radius 2 is 2.07 bits per heavy atom. The first-order chi connectivity index (χ1) is 13.5. The van der Waals surface area contributed by atoms with E-state index in [1.165, 1.54) is 24.3 Å². The molecule has 2 amide bonds. The van der Waals surface area contributed by atoms with E-state index in [4.69, 9.17) is 0 Å². The van der Waals surface area contributed by atoms with Crippen LogP contribution < -0.4 is 15.5 Å². The number of carbonyl (C=O) groups excluding carboxylic acids is 1. The number of H-pyrrole nitrogens is 1. The zero-order chi connectivity index (χ0) is 19.7. The third kappa shape index (κ3) is 3.61. The van der Waals surface area contributed by atoms with Crippen molar-refractivity contribution in [3.05, 3.63) is 47.9 Å². The zero-order valence-corrected chi connectivity index (χ0v) is 15.3. The smallest absolute Gasteiger partial charge is 0.320 e. The van der Waals surface area contributed by atoms with Crippen LogP contribution in [0.1, 0.15) is 24.9 Å². The number of benzene rings is 1. The van der Waals surface area contributed by atoms with E-state index in [-0.39, 0.29) is 5.82 Å². The van der Waals surface area contributed by atoms with E-state index < -0.39 is 18.2 Å². The molecule has 1 aromatic carbocycles. The number of nitrogens with one attached hydrogen (secondary N) is 3. The van der Waals surface area contributed by atoms with Gasteiger partial charge in [-0.05, 0) is 31.0 Å². The van der Waals surface area contributed by atoms with Gasteiger partial charge in [0.2, 0.25) is 0 Å². The minimum Gasteiger partial charge on any atom is -0.391 e. The molecule has 4 N–H and O–H groups in total. The van der Waals surface area contributed by atoms with E-state index in [0.717, 1.165) is 36.2 Å². The average Bonchev–Trinajstić information content (AvgIpc) is 3.02. The molecule has 1 aliphatic heterocycles. The molecule has 146 valence electrons. The highest BCUT2D eigenvalue weighted by Gasteiger charge is 2.22. The third-order valence-electron chi connectivity index (χ3n) is 4.82. The number of amides is 2. The molecule has 0 radical (unpaired) electrons. The minimum atomic E-state index is -0.863. The largest absolute Gasteiger partial charge is 0.391 e. The lowest BCUT2D eigenvalue weighted by atomic mass is 10.0. The number of nitrogens with zero attached hydrogens (tertiary/aromatic N) is 3. The fourth-order valence-corrected chi connectivity index (χ4v) is 3.18. The number of halogens is 1. The molecule has 3 heterocycles. The number of pyridine rings is 1. The quantitative estimate of drug-likeness (QED) is 0.541. The van der Waals surface area contributed by atoms with Crippen molar-refractivity contribution in [3.8, 4) is 0 Å². The van der Waals surface area contributed by atoms with Crippen molar-refractivity contribution in [2.75, 3.05) is 23.3 Å². The van der Waals surface area contributed by atoms with Crippen molar-refractivity contribution in [2.24, 2.45) is 0 Å². The Morgan fingerprint density at radius 1 is 1.32 bits per heavy atom. The van der Waals surface area contributed by atoms with Crippen LogP contribution in [0.3, 0.4) is 0 Å². The van der Waals surface area contributed by atoms with Crippen molar-refractivity contribution in [1.29, 1.82) is 0 Å². The maximum Gasteiger partial charge on any atom is 0.320 e. The summed E-state index contributed by atoms with van der Waals surface area (Å²) in [5, 5.41) is 23.5. The number of rotatable bonds is 5. The molecule has 1 fully saturated rings. The Labute approximate surface area is 160 Å². The molecule has 2 atom stereocenters. The number of hydrogen-bond donors (Lipinski definition) is 4. The van der Waals surface area contributed by atoms with E-state index >= 15 is 0 Å². The molecule has 0 bridgehead atoms. The monoisotopic (exact) mass is 384 g/mol. The van der Waals surface area contributed by atoms with Crippen LogP contribution in [-0.4, -0.2) is 45.5 Å². The first-order valence-electron chi connectivity index (χ1n) is 9.11. The topological polar surface area (TPSA) is 106 Å². The molecule has 4 rings (SSSR count). The minimum absolute atomic E-state index is 0.354. The molecule has 0 saturated carbocycles. The maximum atomic E-state index is 13.1. The molecule has 2 aromatic heterocycles. The summed E-state index contributed by atoms with van der Waals surface area (Å²) in [7, 11) is 0. The fourth-order valence-electron chi connectivity index (χ4n) is 3.18. The van der Waals surface area contributed by atoms with Crippen molar-refractivity contribution in [2.45, 2.75) is 25.5 Å². The van der Waals surface area contributed by atoms with Gasteiger partial charge < -0.3 is 15.3 Å². The second kappa shape index (κ2) is 7.43. The summed E-state index contributed by atoms with van der Waals surface area (Å²) in [6, 6.07) is 6.12. The van der Waals surface area contributed by atoms with Gasteiger partial charge in [-0.15, -0.1) is 0 Å². The molecular formula is C19H21FN6O2. The Balaban J connectivity index is 1.47. The highest BCUT2D eigenvalue weighted by atomic mass is 19.1. The molecule has 28 heavy (non-hydrogen) atoms. The Bertz CT molecular complexity index is 984. The average molecular weight is 384 g/mol. The molecule has 3 aromatic rings. The van der Waals surface area contributed by atoms with E-state index in [2.05, 4.69) is 30.7 Å². The molecule has 0 aliphatic carbocycles. The van der Waals surface area contributed by atoms with Crippen molar-refractivity contribution in [3.63, 3.8) is 0 Å². The standard InChI is InChI=1S/C19H21FN6O2/c1-11(27)17(12-3-5-13(20)6-4-12)23-19(28)22-16-9-15-14(10-21-16)18(25-24-15)26-7-2-8-26/h3-6,9-11,17,27H,2,7-8H2,1H3,(H,24,25)(H2,21,22,23,28). The number of aromatic amines is 1. The molecule has 8 nitrogen and oxygen atoms in total. The molecule has 2 unspecified atom stereocenters. The number of carbonyl (C=O) groups is 1. The number of anilines is 2. The van der Waals surface area contributed by atoms with Crippen LogP contribution in [0.4, 0.5) is 20.8 Å². The van der Waals surface area contributed by atoms with Crippen LogP contribution in [0.5, 0.6) is 0 Å². The van der Waals surface area contributed by atoms with Crippen molar-refractivity contribution in [1.82, 2.24) is 20.5 Å². The van der Waals surface area contributed by atoms with Crippen molar-refractivity contribution < 1.29 is 14.3 Å². The van der Waals surface area contributed by atoms with Crippen LogP contribution in [-0.2, 0) is 0 Å². The summed E-state index contributed by atoms with van der Waals surface area (Å²) < 4.78 is 13.1. The van der Waals surface area contributed by atoms with E-state index in [0.29, 0.717) is 11.4 Å². The summed E-state index contributed by atoms with van der Waals surface area (Å²) in [6.07, 6.45) is 1.97.